The van der Waals surface area contributed by atoms with Crippen molar-refractivity contribution in [2.45, 2.75) is 13.0 Å². The molecule has 0 saturated heterocycles. The van der Waals surface area contributed by atoms with Gasteiger partial charge in [0.25, 0.3) is 5.56 Å². The van der Waals surface area contributed by atoms with Gasteiger partial charge >= 0.3 is 5.97 Å². The largest absolute Gasteiger partial charge is 0.495 e. The third-order valence-corrected chi connectivity index (χ3v) is 8.94. The third-order valence-electron chi connectivity index (χ3n) is 7.95. The van der Waals surface area contributed by atoms with Crippen LogP contribution in [0.4, 0.5) is 4.39 Å². The molecule has 7 rings (SSSR count). The standard InChI is InChI=1S/C37H28FN3O4S/c1-3-45-36(43)30-32(23-13-8-5-9-14-23)40-37-41(34(30)24-17-19-25(38)20-18-24)35(42)29(46-37)21-27-26-15-10-16-28(44-2)33(26)39-31(27)22-11-6-4-7-12-22/h4-21,34,39H,3H2,1-2H3/b29-21-/t34-/m1/s1. The summed E-state index contributed by atoms with van der Waals surface area (Å²) in [5.41, 5.74) is 4.94. The van der Waals surface area contributed by atoms with Gasteiger partial charge in [0.2, 0.25) is 0 Å². The Morgan fingerprint density at radius 3 is 2.33 bits per heavy atom. The molecular formula is C37H28FN3O4S. The predicted octanol–water partition coefficient (Wildman–Crippen LogP) is 6.23. The van der Waals surface area contributed by atoms with Crippen molar-refractivity contribution in [3.63, 3.8) is 0 Å². The molecule has 9 heteroatoms. The van der Waals surface area contributed by atoms with Crippen molar-refractivity contribution in [1.29, 1.82) is 0 Å². The summed E-state index contributed by atoms with van der Waals surface area (Å²) < 4.78 is 27.2. The van der Waals surface area contributed by atoms with Gasteiger partial charge in [-0.1, -0.05) is 96.3 Å². The minimum Gasteiger partial charge on any atom is -0.495 e. The lowest BCUT2D eigenvalue weighted by Gasteiger charge is -2.25. The predicted molar refractivity (Wildman–Crippen MR) is 178 cm³/mol. The SMILES string of the molecule is CCOC(=O)C1=C(c2ccccc2)N=c2s/c(=C\c3c(-c4ccccc4)[nH]c4c(OC)cccc34)c(=O)n2[C@@H]1c1ccc(F)cc1. The highest BCUT2D eigenvalue weighted by atomic mass is 32.1. The molecule has 1 aliphatic rings. The van der Waals surface area contributed by atoms with Crippen LogP contribution in [0.15, 0.2) is 118 Å². The molecule has 0 saturated carbocycles. The zero-order valence-corrected chi connectivity index (χ0v) is 25.8. The van der Waals surface area contributed by atoms with Crippen molar-refractivity contribution < 1.29 is 18.7 Å². The van der Waals surface area contributed by atoms with E-state index >= 15 is 0 Å². The Bertz CT molecular complexity index is 2300. The number of hydrogen-bond acceptors (Lipinski definition) is 6. The van der Waals surface area contributed by atoms with Crippen molar-refractivity contribution in [1.82, 2.24) is 9.55 Å². The molecule has 0 aliphatic carbocycles. The van der Waals surface area contributed by atoms with Gasteiger partial charge in [0.15, 0.2) is 4.80 Å². The number of rotatable bonds is 7. The summed E-state index contributed by atoms with van der Waals surface area (Å²) in [5.74, 6) is -0.341. The maximum Gasteiger partial charge on any atom is 0.338 e. The van der Waals surface area contributed by atoms with Crippen LogP contribution in [0.5, 0.6) is 5.75 Å². The van der Waals surface area contributed by atoms with Gasteiger partial charge < -0.3 is 14.5 Å². The smallest absolute Gasteiger partial charge is 0.338 e. The molecule has 1 atom stereocenters. The molecule has 6 aromatic rings. The summed E-state index contributed by atoms with van der Waals surface area (Å²) in [6.45, 7) is 1.86. The van der Waals surface area contributed by atoms with Gasteiger partial charge in [-0.25, -0.2) is 14.2 Å². The van der Waals surface area contributed by atoms with Gasteiger partial charge in [0.05, 0.1) is 46.8 Å². The highest BCUT2D eigenvalue weighted by molar-refractivity contribution is 7.07. The lowest BCUT2D eigenvalue weighted by Crippen LogP contribution is -2.40. The van der Waals surface area contributed by atoms with Crippen LogP contribution in [0.2, 0.25) is 0 Å². The highest BCUT2D eigenvalue weighted by Gasteiger charge is 2.35. The first kappa shape index (κ1) is 29.2. The molecule has 0 bridgehead atoms. The zero-order valence-electron chi connectivity index (χ0n) is 25.0. The maximum atomic E-state index is 14.5. The fourth-order valence-corrected chi connectivity index (χ4v) is 6.88. The zero-order chi connectivity index (χ0) is 31.8. The molecular weight excluding hydrogens is 601 g/mol. The second-order valence-electron chi connectivity index (χ2n) is 10.6. The Labute approximate surface area is 267 Å². The monoisotopic (exact) mass is 629 g/mol. The van der Waals surface area contributed by atoms with Crippen molar-refractivity contribution in [2.75, 3.05) is 13.7 Å². The number of methoxy groups -OCH3 is 1. The van der Waals surface area contributed by atoms with E-state index in [-0.39, 0.29) is 17.7 Å². The van der Waals surface area contributed by atoms with Gasteiger partial charge in [-0.3, -0.25) is 9.36 Å². The number of H-pyrrole nitrogens is 1. The first-order chi connectivity index (χ1) is 22.5. The van der Waals surface area contributed by atoms with Gasteiger partial charge in [0.1, 0.15) is 11.6 Å². The van der Waals surface area contributed by atoms with Crippen molar-refractivity contribution in [3.05, 3.63) is 151 Å². The number of halogens is 1. The number of carbonyl (C=O) groups is 1. The van der Waals surface area contributed by atoms with Gasteiger partial charge in [-0.15, -0.1) is 0 Å². The summed E-state index contributed by atoms with van der Waals surface area (Å²) in [6, 6.07) is 29.9. The molecule has 4 aromatic carbocycles. The highest BCUT2D eigenvalue weighted by Crippen LogP contribution is 2.37. The van der Waals surface area contributed by atoms with Crippen LogP contribution in [0.25, 0.3) is 33.9 Å². The number of fused-ring (bicyclic) bond motifs is 2. The number of aromatic amines is 1. The van der Waals surface area contributed by atoms with Crippen LogP contribution in [-0.2, 0) is 9.53 Å². The van der Waals surface area contributed by atoms with E-state index < -0.39 is 17.8 Å². The second-order valence-corrected chi connectivity index (χ2v) is 11.7. The van der Waals surface area contributed by atoms with Crippen LogP contribution < -0.4 is 19.6 Å². The van der Waals surface area contributed by atoms with Crippen LogP contribution in [0, 0.1) is 5.82 Å². The molecule has 0 unspecified atom stereocenters. The fourth-order valence-electron chi connectivity index (χ4n) is 5.90. The van der Waals surface area contributed by atoms with Crippen molar-refractivity contribution in [2.24, 2.45) is 4.99 Å². The number of aromatic nitrogens is 2. The summed E-state index contributed by atoms with van der Waals surface area (Å²) in [6.07, 6.45) is 1.86. The number of para-hydroxylation sites is 1. The number of hydrogen-bond donors (Lipinski definition) is 1. The Balaban J connectivity index is 1.54. The van der Waals surface area contributed by atoms with Crippen LogP contribution >= 0.6 is 11.3 Å². The van der Waals surface area contributed by atoms with E-state index in [1.165, 1.54) is 28.0 Å². The summed E-state index contributed by atoms with van der Waals surface area (Å²) in [4.78, 5) is 37.0. The molecule has 7 nitrogen and oxygen atoms in total. The quantitative estimate of drug-likeness (QED) is 0.212. The van der Waals surface area contributed by atoms with Crippen LogP contribution in [-0.4, -0.2) is 29.2 Å². The maximum absolute atomic E-state index is 14.5. The fraction of sp³-hybridized carbons (Fsp3) is 0.108. The number of esters is 1. The van der Waals surface area contributed by atoms with E-state index in [0.29, 0.717) is 31.9 Å². The lowest BCUT2D eigenvalue weighted by molar-refractivity contribution is -0.138. The summed E-state index contributed by atoms with van der Waals surface area (Å²) in [7, 11) is 1.62. The second kappa shape index (κ2) is 12.1. The van der Waals surface area contributed by atoms with E-state index in [1.807, 2.05) is 84.9 Å². The average molecular weight is 630 g/mol. The van der Waals surface area contributed by atoms with Crippen molar-refractivity contribution >= 4 is 40.0 Å². The molecule has 1 N–H and O–H groups in total. The number of carbonyl (C=O) groups excluding carboxylic acids is 1. The minimum absolute atomic E-state index is 0.136. The molecule has 1 aliphatic heterocycles. The van der Waals surface area contributed by atoms with Gasteiger partial charge in [0, 0.05) is 16.5 Å². The molecule has 3 heterocycles. The molecule has 46 heavy (non-hydrogen) atoms. The Hall–Kier alpha value is -5.54. The molecule has 0 fully saturated rings. The molecule has 2 aromatic heterocycles. The van der Waals surface area contributed by atoms with E-state index in [0.717, 1.165) is 27.7 Å². The molecule has 0 amide bonds. The number of benzene rings is 4. The van der Waals surface area contributed by atoms with E-state index in [4.69, 9.17) is 14.5 Å². The first-order valence-corrected chi connectivity index (χ1v) is 15.6. The number of thiazole rings is 1. The number of nitrogens with one attached hydrogen (secondary N) is 1. The Morgan fingerprint density at radius 1 is 0.957 bits per heavy atom. The third kappa shape index (κ3) is 5.04. The van der Waals surface area contributed by atoms with E-state index in [1.54, 1.807) is 26.2 Å². The number of ether oxygens (including phenoxy) is 2. The summed E-state index contributed by atoms with van der Waals surface area (Å²) >= 11 is 1.23. The van der Waals surface area contributed by atoms with Gasteiger partial charge in [-0.05, 0) is 42.3 Å². The molecule has 0 spiro atoms. The van der Waals surface area contributed by atoms with Crippen LogP contribution in [0.3, 0.4) is 0 Å². The normalized spacial score (nSPS) is 14.7. The van der Waals surface area contributed by atoms with Gasteiger partial charge in [-0.2, -0.15) is 0 Å². The Kier molecular flexibility index (Phi) is 7.68. The Morgan fingerprint density at radius 2 is 1.65 bits per heavy atom. The summed E-state index contributed by atoms with van der Waals surface area (Å²) in [5, 5.41) is 0.885. The molecule has 228 valence electrons. The minimum atomic E-state index is -0.898. The topological polar surface area (TPSA) is 85.7 Å². The van der Waals surface area contributed by atoms with E-state index in [9.17, 15) is 14.0 Å². The number of nitrogens with zero attached hydrogens (tertiary/aromatic N) is 2. The van der Waals surface area contributed by atoms with Crippen molar-refractivity contribution in [3.8, 4) is 17.0 Å². The van der Waals surface area contributed by atoms with E-state index in [2.05, 4.69) is 4.98 Å². The lowest BCUT2D eigenvalue weighted by atomic mass is 9.93. The molecule has 0 radical (unpaired) electrons. The van der Waals surface area contributed by atoms with Crippen LogP contribution in [0.1, 0.15) is 29.7 Å². The average Bonchev–Trinajstić information content (AvgIpc) is 3.62. The first-order valence-electron chi connectivity index (χ1n) is 14.8.